The highest BCUT2D eigenvalue weighted by molar-refractivity contribution is 5.95. The van der Waals surface area contributed by atoms with Crippen LogP contribution in [0.2, 0.25) is 0 Å². The summed E-state index contributed by atoms with van der Waals surface area (Å²) in [7, 11) is 1.53. The van der Waals surface area contributed by atoms with Gasteiger partial charge >= 0.3 is 5.97 Å². The van der Waals surface area contributed by atoms with E-state index in [0.717, 1.165) is 0 Å². The molecule has 1 aromatic rings. The average molecular weight is 332 g/mol. The van der Waals surface area contributed by atoms with Crippen molar-refractivity contribution in [1.29, 1.82) is 5.26 Å². The molecule has 0 radical (unpaired) electrons. The second-order valence-corrected chi connectivity index (χ2v) is 4.97. The largest absolute Gasteiger partial charge is 0.482 e. The molecule has 0 fully saturated rings. The standard InChI is InChI=1S/C17H20N2O5/c1-3-15(20)13-5-7-14(8-6-13)23-12-17(22)24-11-16(21)19(2)10-4-9-18/h5-8H,3-4,10-12H2,1-2H3. The molecule has 0 aliphatic rings. The molecule has 1 rings (SSSR count). The minimum absolute atomic E-state index is 0.0278. The Kier molecular flexibility index (Phi) is 7.99. The van der Waals surface area contributed by atoms with E-state index in [1.54, 1.807) is 31.2 Å². The molecule has 0 spiro atoms. The van der Waals surface area contributed by atoms with Crippen molar-refractivity contribution in [1.82, 2.24) is 4.90 Å². The number of rotatable bonds is 9. The zero-order valence-electron chi connectivity index (χ0n) is 13.8. The summed E-state index contributed by atoms with van der Waals surface area (Å²) < 4.78 is 10.1. The lowest BCUT2D eigenvalue weighted by Gasteiger charge is -2.15. The highest BCUT2D eigenvalue weighted by Crippen LogP contribution is 2.13. The van der Waals surface area contributed by atoms with Crippen molar-refractivity contribution in [3.63, 3.8) is 0 Å². The second kappa shape index (κ2) is 10.0. The molecule has 7 heteroatoms. The van der Waals surface area contributed by atoms with Crippen LogP contribution in [0.3, 0.4) is 0 Å². The molecule has 7 nitrogen and oxygen atoms in total. The first-order chi connectivity index (χ1) is 11.5. The Bertz CT molecular complexity index is 619. The van der Waals surface area contributed by atoms with E-state index in [-0.39, 0.29) is 31.3 Å². The van der Waals surface area contributed by atoms with Gasteiger partial charge in [0.25, 0.3) is 5.91 Å². The molecule has 24 heavy (non-hydrogen) atoms. The van der Waals surface area contributed by atoms with Gasteiger partial charge in [0.15, 0.2) is 19.0 Å². The molecule has 0 saturated carbocycles. The zero-order valence-corrected chi connectivity index (χ0v) is 13.8. The van der Waals surface area contributed by atoms with Crippen LogP contribution in [0.1, 0.15) is 30.1 Å². The van der Waals surface area contributed by atoms with Gasteiger partial charge in [-0.25, -0.2) is 4.79 Å². The average Bonchev–Trinajstić information content (AvgIpc) is 2.61. The van der Waals surface area contributed by atoms with Gasteiger partial charge in [0.2, 0.25) is 0 Å². The first-order valence-corrected chi connectivity index (χ1v) is 7.50. The van der Waals surface area contributed by atoms with Crippen molar-refractivity contribution in [2.24, 2.45) is 0 Å². The van der Waals surface area contributed by atoms with E-state index in [9.17, 15) is 14.4 Å². The Hall–Kier alpha value is -2.88. The van der Waals surface area contributed by atoms with Crippen molar-refractivity contribution in [2.75, 3.05) is 26.8 Å². The van der Waals surface area contributed by atoms with Gasteiger partial charge in [-0.1, -0.05) is 6.92 Å². The summed E-state index contributed by atoms with van der Waals surface area (Å²) in [5.41, 5.74) is 0.582. The molecule has 0 unspecified atom stereocenters. The summed E-state index contributed by atoms with van der Waals surface area (Å²) in [6.45, 7) is 1.33. The van der Waals surface area contributed by atoms with E-state index in [4.69, 9.17) is 14.7 Å². The first kappa shape index (κ1) is 19.2. The summed E-state index contributed by atoms with van der Waals surface area (Å²) in [6.07, 6.45) is 0.638. The summed E-state index contributed by atoms with van der Waals surface area (Å²) in [4.78, 5) is 36.0. The Balaban J connectivity index is 2.35. The van der Waals surface area contributed by atoms with E-state index >= 15 is 0 Å². The van der Waals surface area contributed by atoms with Gasteiger partial charge in [0.05, 0.1) is 12.5 Å². The van der Waals surface area contributed by atoms with Crippen molar-refractivity contribution in [2.45, 2.75) is 19.8 Å². The number of esters is 1. The number of hydrogen-bond donors (Lipinski definition) is 0. The van der Waals surface area contributed by atoms with Crippen molar-refractivity contribution in [3.05, 3.63) is 29.8 Å². The fraction of sp³-hybridized carbons (Fsp3) is 0.412. The number of nitriles is 1. The van der Waals surface area contributed by atoms with Gasteiger partial charge in [0, 0.05) is 25.6 Å². The van der Waals surface area contributed by atoms with E-state index in [0.29, 0.717) is 17.7 Å². The second-order valence-electron chi connectivity index (χ2n) is 4.97. The number of ether oxygens (including phenoxy) is 2. The zero-order chi connectivity index (χ0) is 17.9. The van der Waals surface area contributed by atoms with Crippen LogP contribution in [-0.2, 0) is 14.3 Å². The number of Topliss-reactive ketones (excluding diaryl/α,β-unsaturated/α-hetero) is 1. The minimum atomic E-state index is -0.675. The number of carbonyl (C=O) groups excluding carboxylic acids is 3. The van der Waals surface area contributed by atoms with E-state index in [1.165, 1.54) is 11.9 Å². The Morgan fingerprint density at radius 1 is 1.17 bits per heavy atom. The third-order valence-corrected chi connectivity index (χ3v) is 3.20. The first-order valence-electron chi connectivity index (χ1n) is 7.50. The molecule has 0 bridgehead atoms. The number of benzene rings is 1. The van der Waals surface area contributed by atoms with Crippen LogP contribution in [0.25, 0.3) is 0 Å². The van der Waals surface area contributed by atoms with Crippen molar-refractivity contribution >= 4 is 17.7 Å². The summed E-state index contributed by atoms with van der Waals surface area (Å²) >= 11 is 0. The molecule has 0 N–H and O–H groups in total. The molecule has 1 amide bonds. The van der Waals surface area contributed by atoms with Gasteiger partial charge in [-0.3, -0.25) is 9.59 Å². The number of carbonyl (C=O) groups is 3. The van der Waals surface area contributed by atoms with Crippen LogP contribution >= 0.6 is 0 Å². The molecule has 0 aliphatic heterocycles. The van der Waals surface area contributed by atoms with Gasteiger partial charge in [-0.2, -0.15) is 5.26 Å². The molecule has 0 aromatic heterocycles. The van der Waals surface area contributed by atoms with Gasteiger partial charge < -0.3 is 14.4 Å². The molecule has 0 saturated heterocycles. The molecule has 0 heterocycles. The SMILES string of the molecule is CCC(=O)c1ccc(OCC(=O)OCC(=O)N(C)CCC#N)cc1. The van der Waals surface area contributed by atoms with Crippen molar-refractivity contribution < 1.29 is 23.9 Å². The Morgan fingerprint density at radius 2 is 1.83 bits per heavy atom. The highest BCUT2D eigenvalue weighted by Gasteiger charge is 2.12. The molecule has 1 aromatic carbocycles. The Morgan fingerprint density at radius 3 is 2.42 bits per heavy atom. The van der Waals surface area contributed by atoms with Gasteiger partial charge in [0.1, 0.15) is 5.75 Å². The maximum absolute atomic E-state index is 11.6. The smallest absolute Gasteiger partial charge is 0.344 e. The number of likely N-dealkylation sites (N-methyl/N-ethyl adjacent to an activating group) is 1. The van der Waals surface area contributed by atoms with Crippen molar-refractivity contribution in [3.8, 4) is 11.8 Å². The summed E-state index contributed by atoms with van der Waals surface area (Å²) in [5, 5.41) is 8.45. The molecular formula is C17H20N2O5. The van der Waals surface area contributed by atoms with E-state index in [2.05, 4.69) is 0 Å². The Labute approximate surface area is 140 Å². The molecule has 128 valence electrons. The van der Waals surface area contributed by atoms with Crippen LogP contribution < -0.4 is 4.74 Å². The molecule has 0 aliphatic carbocycles. The topological polar surface area (TPSA) is 96.7 Å². The van der Waals surface area contributed by atoms with Crippen LogP contribution in [-0.4, -0.2) is 49.4 Å². The lowest BCUT2D eigenvalue weighted by atomic mass is 10.1. The van der Waals surface area contributed by atoms with Crippen LogP contribution in [0, 0.1) is 11.3 Å². The number of hydrogen-bond acceptors (Lipinski definition) is 6. The fourth-order valence-corrected chi connectivity index (χ4v) is 1.72. The quantitative estimate of drug-likeness (QED) is 0.503. The summed E-state index contributed by atoms with van der Waals surface area (Å²) in [6, 6.07) is 8.37. The predicted octanol–water partition coefficient (Wildman–Crippen LogP) is 1.57. The fourth-order valence-electron chi connectivity index (χ4n) is 1.72. The maximum Gasteiger partial charge on any atom is 0.344 e. The van der Waals surface area contributed by atoms with E-state index in [1.807, 2.05) is 6.07 Å². The van der Waals surface area contributed by atoms with Gasteiger partial charge in [-0.05, 0) is 24.3 Å². The predicted molar refractivity (Wildman–Crippen MR) is 85.4 cm³/mol. The van der Waals surface area contributed by atoms with Crippen LogP contribution in [0.5, 0.6) is 5.75 Å². The summed E-state index contributed by atoms with van der Waals surface area (Å²) in [5.74, 6) is -0.608. The molecular weight excluding hydrogens is 312 g/mol. The van der Waals surface area contributed by atoms with Gasteiger partial charge in [-0.15, -0.1) is 0 Å². The number of nitrogens with zero attached hydrogens (tertiary/aromatic N) is 2. The molecule has 0 atom stereocenters. The minimum Gasteiger partial charge on any atom is -0.482 e. The normalized spacial score (nSPS) is 9.71. The number of amides is 1. The van der Waals surface area contributed by atoms with Crippen LogP contribution in [0.4, 0.5) is 0 Å². The third kappa shape index (κ3) is 6.48. The highest BCUT2D eigenvalue weighted by atomic mass is 16.6. The van der Waals surface area contributed by atoms with E-state index < -0.39 is 12.6 Å². The monoisotopic (exact) mass is 332 g/mol. The third-order valence-electron chi connectivity index (χ3n) is 3.20. The maximum atomic E-state index is 11.6. The lowest BCUT2D eigenvalue weighted by Crippen LogP contribution is -2.32. The van der Waals surface area contributed by atoms with Crippen LogP contribution in [0.15, 0.2) is 24.3 Å². The lowest BCUT2D eigenvalue weighted by molar-refractivity contribution is -0.153. The number of ketones is 1.